The summed E-state index contributed by atoms with van der Waals surface area (Å²) in [6.45, 7) is 7.74. The Labute approximate surface area is 121 Å². The van der Waals surface area contributed by atoms with E-state index in [0.29, 0.717) is 12.2 Å². The van der Waals surface area contributed by atoms with Gasteiger partial charge in [-0.25, -0.2) is 0 Å². The molecular formula is C13H19BrN2O3. The third-order valence-electron chi connectivity index (χ3n) is 2.77. The molecule has 0 bridgehead atoms. The maximum absolute atomic E-state index is 12.5. The van der Waals surface area contributed by atoms with Crippen molar-refractivity contribution in [3.8, 4) is 0 Å². The van der Waals surface area contributed by atoms with Crippen molar-refractivity contribution in [2.45, 2.75) is 39.8 Å². The molecular weight excluding hydrogens is 312 g/mol. The van der Waals surface area contributed by atoms with Gasteiger partial charge in [-0.1, -0.05) is 0 Å². The van der Waals surface area contributed by atoms with Crippen LogP contribution in [0.25, 0.3) is 0 Å². The summed E-state index contributed by atoms with van der Waals surface area (Å²) in [6, 6.07) is 1.71. The summed E-state index contributed by atoms with van der Waals surface area (Å²) in [5.41, 5.74) is -0.0596. The third-order valence-corrected chi connectivity index (χ3v) is 3.20. The minimum atomic E-state index is -1.02. The summed E-state index contributed by atoms with van der Waals surface area (Å²) in [5, 5.41) is 8.96. The predicted octanol–water partition coefficient (Wildman–Crippen LogP) is 2.60. The van der Waals surface area contributed by atoms with Crippen molar-refractivity contribution in [2.24, 2.45) is 0 Å². The van der Waals surface area contributed by atoms with E-state index >= 15 is 0 Å². The number of amides is 1. The van der Waals surface area contributed by atoms with Crippen LogP contribution in [-0.2, 0) is 11.3 Å². The van der Waals surface area contributed by atoms with E-state index in [4.69, 9.17) is 5.11 Å². The maximum Gasteiger partial charge on any atom is 0.323 e. The van der Waals surface area contributed by atoms with Crippen LogP contribution < -0.4 is 0 Å². The van der Waals surface area contributed by atoms with Gasteiger partial charge in [-0.15, -0.1) is 0 Å². The van der Waals surface area contributed by atoms with Crippen LogP contribution >= 0.6 is 15.9 Å². The zero-order chi connectivity index (χ0) is 14.8. The number of carboxylic acid groups (broad SMARTS) is 1. The highest BCUT2D eigenvalue weighted by Gasteiger charge is 2.30. The van der Waals surface area contributed by atoms with Gasteiger partial charge in [0.2, 0.25) is 0 Å². The molecule has 0 aliphatic heterocycles. The number of carbonyl (C=O) groups excluding carboxylic acids is 1. The lowest BCUT2D eigenvalue weighted by molar-refractivity contribution is -0.138. The zero-order valence-corrected chi connectivity index (χ0v) is 13.2. The van der Waals surface area contributed by atoms with Crippen LogP contribution in [0.2, 0.25) is 0 Å². The van der Waals surface area contributed by atoms with Gasteiger partial charge in [0.25, 0.3) is 5.91 Å². The van der Waals surface area contributed by atoms with Crippen molar-refractivity contribution in [1.82, 2.24) is 9.47 Å². The molecule has 106 valence electrons. The molecule has 0 fully saturated rings. The molecule has 0 aromatic carbocycles. The van der Waals surface area contributed by atoms with Gasteiger partial charge in [-0.3, -0.25) is 9.59 Å². The molecule has 19 heavy (non-hydrogen) atoms. The Balaban J connectivity index is 3.15. The number of aliphatic carboxylic acids is 1. The molecule has 1 aromatic rings. The fourth-order valence-electron chi connectivity index (χ4n) is 1.80. The summed E-state index contributed by atoms with van der Waals surface area (Å²) in [6.07, 6.45) is 1.81. The van der Waals surface area contributed by atoms with Gasteiger partial charge < -0.3 is 14.6 Å². The van der Waals surface area contributed by atoms with Crippen molar-refractivity contribution >= 4 is 27.8 Å². The number of hydrogen-bond donors (Lipinski definition) is 1. The topological polar surface area (TPSA) is 62.5 Å². The molecule has 6 heteroatoms. The number of nitrogens with zero attached hydrogens (tertiary/aromatic N) is 2. The molecule has 0 atom stereocenters. The van der Waals surface area contributed by atoms with Gasteiger partial charge in [0.1, 0.15) is 12.2 Å². The fraction of sp³-hybridized carbons (Fsp3) is 0.538. The van der Waals surface area contributed by atoms with Crippen molar-refractivity contribution in [1.29, 1.82) is 0 Å². The van der Waals surface area contributed by atoms with E-state index in [1.807, 2.05) is 33.9 Å². The molecule has 1 aromatic heterocycles. The first-order valence-corrected chi connectivity index (χ1v) is 6.85. The van der Waals surface area contributed by atoms with E-state index in [1.165, 1.54) is 4.90 Å². The molecule has 0 aliphatic carbocycles. The maximum atomic E-state index is 12.5. The van der Waals surface area contributed by atoms with Crippen molar-refractivity contribution in [2.75, 3.05) is 6.54 Å². The van der Waals surface area contributed by atoms with Crippen LogP contribution in [0.4, 0.5) is 0 Å². The summed E-state index contributed by atoms with van der Waals surface area (Å²) >= 11 is 3.33. The Kier molecular flexibility index (Phi) is 4.79. The highest BCUT2D eigenvalue weighted by molar-refractivity contribution is 9.10. The van der Waals surface area contributed by atoms with Gasteiger partial charge >= 0.3 is 5.97 Å². The standard InChI is InChI=1S/C13H19BrN2O3/c1-5-15-7-9(14)6-10(15)12(19)16(8-11(17)18)13(2,3)4/h6-7H,5,8H2,1-4H3,(H,17,18). The summed E-state index contributed by atoms with van der Waals surface area (Å²) in [4.78, 5) is 24.8. The molecule has 0 radical (unpaired) electrons. The number of aromatic nitrogens is 1. The molecule has 0 saturated carbocycles. The Bertz CT molecular complexity index is 489. The third kappa shape index (κ3) is 3.83. The van der Waals surface area contributed by atoms with Gasteiger partial charge in [0.05, 0.1) is 0 Å². The van der Waals surface area contributed by atoms with E-state index in [0.717, 1.165) is 4.47 Å². The predicted molar refractivity (Wildman–Crippen MR) is 76.2 cm³/mol. The second kappa shape index (κ2) is 5.77. The highest BCUT2D eigenvalue weighted by Crippen LogP contribution is 2.21. The number of carboxylic acids is 1. The Morgan fingerprint density at radius 1 is 1.42 bits per heavy atom. The first kappa shape index (κ1) is 15.8. The van der Waals surface area contributed by atoms with E-state index in [9.17, 15) is 9.59 Å². The normalized spacial score (nSPS) is 11.4. The molecule has 1 heterocycles. The lowest BCUT2D eigenvalue weighted by atomic mass is 10.1. The van der Waals surface area contributed by atoms with Crippen molar-refractivity contribution in [3.05, 3.63) is 22.4 Å². The number of carbonyl (C=O) groups is 2. The van der Waals surface area contributed by atoms with Gasteiger partial charge in [0.15, 0.2) is 0 Å². The van der Waals surface area contributed by atoms with Crippen LogP contribution in [0.5, 0.6) is 0 Å². The molecule has 1 amide bonds. The van der Waals surface area contributed by atoms with Gasteiger partial charge in [0, 0.05) is 22.8 Å². The van der Waals surface area contributed by atoms with Gasteiger partial charge in [-0.2, -0.15) is 0 Å². The minimum absolute atomic E-state index is 0.276. The number of rotatable bonds is 4. The second-order valence-electron chi connectivity index (χ2n) is 5.29. The van der Waals surface area contributed by atoms with Crippen LogP contribution in [0.15, 0.2) is 16.7 Å². The fourth-order valence-corrected chi connectivity index (χ4v) is 2.27. The van der Waals surface area contributed by atoms with Crippen LogP contribution in [-0.4, -0.2) is 38.5 Å². The Morgan fingerprint density at radius 3 is 2.42 bits per heavy atom. The summed E-state index contributed by atoms with van der Waals surface area (Å²) < 4.78 is 2.61. The molecule has 0 saturated heterocycles. The first-order chi connectivity index (χ1) is 8.66. The van der Waals surface area contributed by atoms with E-state index in [2.05, 4.69) is 15.9 Å². The Hall–Kier alpha value is -1.30. The minimum Gasteiger partial charge on any atom is -0.480 e. The second-order valence-corrected chi connectivity index (χ2v) is 6.20. The van der Waals surface area contributed by atoms with Crippen LogP contribution in [0.1, 0.15) is 38.2 Å². The smallest absolute Gasteiger partial charge is 0.323 e. The van der Waals surface area contributed by atoms with Crippen LogP contribution in [0.3, 0.4) is 0 Å². The monoisotopic (exact) mass is 330 g/mol. The molecule has 0 spiro atoms. The number of hydrogen-bond acceptors (Lipinski definition) is 2. The summed E-state index contributed by atoms with van der Waals surface area (Å²) in [5.74, 6) is -1.29. The first-order valence-electron chi connectivity index (χ1n) is 6.06. The van der Waals surface area contributed by atoms with E-state index in [1.54, 1.807) is 10.6 Å². The highest BCUT2D eigenvalue weighted by atomic mass is 79.9. The van der Waals surface area contributed by atoms with E-state index < -0.39 is 11.5 Å². The van der Waals surface area contributed by atoms with Crippen molar-refractivity contribution in [3.63, 3.8) is 0 Å². The molecule has 0 aliphatic rings. The average molecular weight is 331 g/mol. The molecule has 0 unspecified atom stereocenters. The zero-order valence-electron chi connectivity index (χ0n) is 11.6. The van der Waals surface area contributed by atoms with E-state index in [-0.39, 0.29) is 12.5 Å². The summed E-state index contributed by atoms with van der Waals surface area (Å²) in [7, 11) is 0. The van der Waals surface area contributed by atoms with Crippen LogP contribution in [0, 0.1) is 0 Å². The van der Waals surface area contributed by atoms with Crippen molar-refractivity contribution < 1.29 is 14.7 Å². The average Bonchev–Trinajstić information content (AvgIpc) is 2.64. The molecule has 5 nitrogen and oxygen atoms in total. The number of aryl methyl sites for hydroxylation is 1. The lowest BCUT2D eigenvalue weighted by Gasteiger charge is -2.34. The number of halogens is 1. The Morgan fingerprint density at radius 2 is 2.00 bits per heavy atom. The largest absolute Gasteiger partial charge is 0.480 e. The quantitative estimate of drug-likeness (QED) is 0.922. The van der Waals surface area contributed by atoms with Gasteiger partial charge in [-0.05, 0) is 49.7 Å². The molecule has 1 N–H and O–H groups in total. The SMILES string of the molecule is CCn1cc(Br)cc1C(=O)N(CC(=O)O)C(C)(C)C. The molecule has 1 rings (SSSR count). The lowest BCUT2D eigenvalue weighted by Crippen LogP contribution is -2.48.